The van der Waals surface area contributed by atoms with Gasteiger partial charge in [-0.05, 0) is 38.5 Å². The molecule has 0 amide bonds. The van der Waals surface area contributed by atoms with Crippen molar-refractivity contribution in [2.24, 2.45) is 0 Å². The Bertz CT molecular complexity index is 431. The summed E-state index contributed by atoms with van der Waals surface area (Å²) in [5.41, 5.74) is 0.644. The Balaban J connectivity index is 3.09. The normalized spacial score (nSPS) is 12.3. The fourth-order valence-corrected chi connectivity index (χ4v) is 1.78. The third-order valence-corrected chi connectivity index (χ3v) is 2.57. The van der Waals surface area contributed by atoms with Crippen molar-refractivity contribution in [1.29, 1.82) is 0 Å². The van der Waals surface area contributed by atoms with Crippen LogP contribution in [0.1, 0.15) is 32.4 Å². The fourth-order valence-electron chi connectivity index (χ4n) is 1.78. The van der Waals surface area contributed by atoms with E-state index in [0.29, 0.717) is 23.7 Å². The summed E-state index contributed by atoms with van der Waals surface area (Å²) in [7, 11) is 1.55. The van der Waals surface area contributed by atoms with Gasteiger partial charge in [-0.25, -0.2) is 0 Å². The molecule has 0 aliphatic rings. The number of hydrogen-bond acceptors (Lipinski definition) is 4. The Kier molecular flexibility index (Phi) is 5.63. The maximum atomic E-state index is 11.3. The van der Waals surface area contributed by atoms with E-state index in [9.17, 15) is 9.90 Å². The van der Waals surface area contributed by atoms with Crippen LogP contribution in [0.15, 0.2) is 18.2 Å². The highest BCUT2D eigenvalue weighted by Gasteiger charge is 2.21. The maximum absolute atomic E-state index is 11.3. The minimum atomic E-state index is -0.915. The van der Waals surface area contributed by atoms with Crippen LogP contribution in [0.3, 0.4) is 0 Å². The molecule has 1 aromatic carbocycles. The molecule has 5 nitrogen and oxygen atoms in total. The first-order valence-corrected chi connectivity index (χ1v) is 6.29. The Morgan fingerprint density at radius 1 is 1.37 bits per heavy atom. The molecule has 0 bridgehead atoms. The molecular formula is C14H21NO4. The van der Waals surface area contributed by atoms with Crippen molar-refractivity contribution in [3.8, 4) is 11.5 Å². The number of rotatable bonds is 7. The van der Waals surface area contributed by atoms with Crippen molar-refractivity contribution in [2.45, 2.75) is 32.9 Å². The largest absolute Gasteiger partial charge is 0.493 e. The molecule has 1 aromatic rings. The second-order valence-corrected chi connectivity index (χ2v) is 4.44. The molecule has 1 rings (SSSR count). The monoisotopic (exact) mass is 267 g/mol. The smallest absolute Gasteiger partial charge is 0.325 e. The summed E-state index contributed by atoms with van der Waals surface area (Å²) in [6, 6.07) is 4.47. The summed E-state index contributed by atoms with van der Waals surface area (Å²) < 4.78 is 10.6. The second-order valence-electron chi connectivity index (χ2n) is 4.44. The van der Waals surface area contributed by atoms with Crippen LogP contribution in [-0.2, 0) is 4.79 Å². The molecular weight excluding hydrogens is 246 g/mol. The van der Waals surface area contributed by atoms with Crippen LogP contribution < -0.4 is 14.8 Å². The standard InChI is InChI=1S/C14H21NO4/c1-5-19-12-8-10(6-7-11(12)18-4)13(14(16)17)15-9(2)3/h6-9,13,15H,5H2,1-4H3,(H,16,17). The van der Waals surface area contributed by atoms with E-state index in [1.54, 1.807) is 25.3 Å². The predicted octanol–water partition coefficient (Wildman–Crippen LogP) is 2.22. The molecule has 0 fully saturated rings. The van der Waals surface area contributed by atoms with Crippen molar-refractivity contribution in [3.63, 3.8) is 0 Å². The van der Waals surface area contributed by atoms with E-state index in [4.69, 9.17) is 9.47 Å². The van der Waals surface area contributed by atoms with Crippen LogP contribution in [0, 0.1) is 0 Å². The van der Waals surface area contributed by atoms with Gasteiger partial charge in [0.05, 0.1) is 13.7 Å². The molecule has 2 N–H and O–H groups in total. The van der Waals surface area contributed by atoms with Crippen molar-refractivity contribution < 1.29 is 19.4 Å². The Morgan fingerprint density at radius 3 is 2.53 bits per heavy atom. The van der Waals surface area contributed by atoms with E-state index >= 15 is 0 Å². The number of hydrogen-bond donors (Lipinski definition) is 2. The average molecular weight is 267 g/mol. The lowest BCUT2D eigenvalue weighted by atomic mass is 10.1. The molecule has 0 aliphatic heterocycles. The van der Waals surface area contributed by atoms with E-state index < -0.39 is 12.0 Å². The molecule has 1 atom stereocenters. The quantitative estimate of drug-likeness (QED) is 0.793. The van der Waals surface area contributed by atoms with Gasteiger partial charge in [-0.2, -0.15) is 0 Å². The predicted molar refractivity (Wildman–Crippen MR) is 72.8 cm³/mol. The van der Waals surface area contributed by atoms with E-state index in [2.05, 4.69) is 5.32 Å². The number of ether oxygens (including phenoxy) is 2. The second kappa shape index (κ2) is 6.99. The number of carboxylic acid groups (broad SMARTS) is 1. The van der Waals surface area contributed by atoms with E-state index in [1.807, 2.05) is 20.8 Å². The molecule has 0 radical (unpaired) electrons. The molecule has 0 spiro atoms. The van der Waals surface area contributed by atoms with Crippen LogP contribution in [-0.4, -0.2) is 30.8 Å². The molecule has 1 unspecified atom stereocenters. The number of methoxy groups -OCH3 is 1. The zero-order valence-corrected chi connectivity index (χ0v) is 11.8. The van der Waals surface area contributed by atoms with Gasteiger partial charge in [0.1, 0.15) is 6.04 Å². The van der Waals surface area contributed by atoms with Crippen LogP contribution in [0.2, 0.25) is 0 Å². The lowest BCUT2D eigenvalue weighted by Gasteiger charge is -2.19. The van der Waals surface area contributed by atoms with Gasteiger partial charge in [0.2, 0.25) is 0 Å². The lowest BCUT2D eigenvalue weighted by molar-refractivity contribution is -0.139. The van der Waals surface area contributed by atoms with Crippen molar-refractivity contribution in [3.05, 3.63) is 23.8 Å². The lowest BCUT2D eigenvalue weighted by Crippen LogP contribution is -2.33. The van der Waals surface area contributed by atoms with Crippen LogP contribution >= 0.6 is 0 Å². The van der Waals surface area contributed by atoms with Crippen molar-refractivity contribution in [1.82, 2.24) is 5.32 Å². The van der Waals surface area contributed by atoms with E-state index in [0.717, 1.165) is 0 Å². The third-order valence-electron chi connectivity index (χ3n) is 2.57. The zero-order chi connectivity index (χ0) is 14.4. The summed E-state index contributed by atoms with van der Waals surface area (Å²) in [5.74, 6) is 0.236. The highest BCUT2D eigenvalue weighted by molar-refractivity contribution is 5.76. The number of carboxylic acids is 1. The number of benzene rings is 1. The molecule has 5 heteroatoms. The first-order valence-electron chi connectivity index (χ1n) is 6.29. The molecule has 0 aliphatic carbocycles. The Labute approximate surface area is 113 Å². The molecule has 19 heavy (non-hydrogen) atoms. The third kappa shape index (κ3) is 4.13. The Morgan fingerprint density at radius 2 is 2.05 bits per heavy atom. The van der Waals surface area contributed by atoms with Crippen LogP contribution in [0.25, 0.3) is 0 Å². The van der Waals surface area contributed by atoms with Crippen LogP contribution in [0.5, 0.6) is 11.5 Å². The van der Waals surface area contributed by atoms with Gasteiger partial charge in [0, 0.05) is 6.04 Å². The van der Waals surface area contributed by atoms with E-state index in [1.165, 1.54) is 0 Å². The zero-order valence-electron chi connectivity index (χ0n) is 11.8. The minimum Gasteiger partial charge on any atom is -0.493 e. The summed E-state index contributed by atoms with van der Waals surface area (Å²) in [6.07, 6.45) is 0. The molecule has 106 valence electrons. The summed E-state index contributed by atoms with van der Waals surface area (Å²) in [6.45, 7) is 6.17. The van der Waals surface area contributed by atoms with Crippen molar-refractivity contribution in [2.75, 3.05) is 13.7 Å². The highest BCUT2D eigenvalue weighted by Crippen LogP contribution is 2.30. The summed E-state index contributed by atoms with van der Waals surface area (Å²) in [4.78, 5) is 11.3. The number of nitrogens with one attached hydrogen (secondary N) is 1. The molecule has 0 heterocycles. The number of carbonyl (C=O) groups is 1. The summed E-state index contributed by atoms with van der Waals surface area (Å²) in [5, 5.41) is 12.3. The maximum Gasteiger partial charge on any atom is 0.325 e. The molecule has 0 saturated carbocycles. The van der Waals surface area contributed by atoms with Gasteiger partial charge in [-0.1, -0.05) is 6.07 Å². The highest BCUT2D eigenvalue weighted by atomic mass is 16.5. The van der Waals surface area contributed by atoms with Crippen molar-refractivity contribution >= 4 is 5.97 Å². The average Bonchev–Trinajstić information content (AvgIpc) is 2.36. The van der Waals surface area contributed by atoms with Gasteiger partial charge in [-0.3, -0.25) is 10.1 Å². The minimum absolute atomic E-state index is 0.0683. The molecule has 0 saturated heterocycles. The van der Waals surface area contributed by atoms with Gasteiger partial charge in [0.25, 0.3) is 0 Å². The number of aliphatic carboxylic acids is 1. The van der Waals surface area contributed by atoms with Gasteiger partial charge in [-0.15, -0.1) is 0 Å². The van der Waals surface area contributed by atoms with Gasteiger partial charge >= 0.3 is 5.97 Å². The first-order chi connectivity index (χ1) is 8.99. The van der Waals surface area contributed by atoms with Gasteiger partial charge in [0.15, 0.2) is 11.5 Å². The van der Waals surface area contributed by atoms with E-state index in [-0.39, 0.29) is 6.04 Å². The first kappa shape index (κ1) is 15.3. The topological polar surface area (TPSA) is 67.8 Å². The summed E-state index contributed by atoms with van der Waals surface area (Å²) >= 11 is 0. The van der Waals surface area contributed by atoms with Crippen LogP contribution in [0.4, 0.5) is 0 Å². The Hall–Kier alpha value is -1.75. The molecule has 0 aromatic heterocycles. The fraction of sp³-hybridized carbons (Fsp3) is 0.500. The SMILES string of the molecule is CCOc1cc(C(NC(C)C)C(=O)O)ccc1OC. The van der Waals surface area contributed by atoms with Gasteiger partial charge < -0.3 is 14.6 Å².